The van der Waals surface area contributed by atoms with Crippen LogP contribution in [0.1, 0.15) is 132 Å². The van der Waals surface area contributed by atoms with Gasteiger partial charge in [-0.25, -0.2) is 0 Å². The van der Waals surface area contributed by atoms with Crippen molar-refractivity contribution in [3.05, 3.63) is 192 Å². The molecule has 6 aromatic rings. The van der Waals surface area contributed by atoms with E-state index < -0.39 is 0 Å². The summed E-state index contributed by atoms with van der Waals surface area (Å²) < 4.78 is 0. The second-order valence-electron chi connectivity index (χ2n) is 20.5. The highest BCUT2D eigenvalue weighted by atomic mass is 16.2. The Morgan fingerprint density at radius 3 is 1.25 bits per heavy atom. The molecule has 2 aromatic heterocycles. The topological polar surface area (TPSA) is 149 Å². The molecule has 12 heteroatoms. The highest BCUT2D eigenvalue weighted by molar-refractivity contribution is 5.95. The second kappa shape index (κ2) is 21.2. The Bertz CT molecular complexity index is 2660. The summed E-state index contributed by atoms with van der Waals surface area (Å²) in [7, 11) is 0. The first-order valence-electron chi connectivity index (χ1n) is 26.3. The van der Waals surface area contributed by atoms with Gasteiger partial charge in [0, 0.05) is 71.9 Å². The summed E-state index contributed by atoms with van der Waals surface area (Å²) in [4.78, 5) is 67.8. The lowest BCUT2D eigenvalue weighted by Gasteiger charge is -2.41. The molecule has 0 radical (unpaired) electrons. The van der Waals surface area contributed by atoms with Gasteiger partial charge in [-0.1, -0.05) is 111 Å². The van der Waals surface area contributed by atoms with Gasteiger partial charge in [0.15, 0.2) is 0 Å². The number of amides is 4. The van der Waals surface area contributed by atoms with Crippen LogP contribution in [0.3, 0.4) is 0 Å². The monoisotopic (exact) mass is 961 g/mol. The van der Waals surface area contributed by atoms with Gasteiger partial charge >= 0.3 is 0 Å². The maximum absolute atomic E-state index is 14.2. The number of hydrogen-bond acceptors (Lipinski definition) is 8. The standard InChI is InChI=1S/2C30H32N4O2/c2*35-29(20-10-2-1-3-11-20)33-25-15-7-5-13-22(25)30(36)34-19-17-23-27(26-16-8-9-18-31-26)32-24-14-6-4-12-21(24)28(23)34/h2*1-4,6,8-12,14,16,18,22-23,25,27-28,32H,5,7,13,15,17,19H2,(H,33,35)/t22-,23+,25+,27+,28-;22-,23-,25+,27-,28+/m00/s1. The Labute approximate surface area is 422 Å². The Hall–Kier alpha value is -7.34. The Morgan fingerprint density at radius 2 is 0.833 bits per heavy atom. The summed E-state index contributed by atoms with van der Waals surface area (Å²) in [6.07, 6.45) is 12.9. The fourth-order valence-corrected chi connectivity index (χ4v) is 13.0. The minimum Gasteiger partial charge on any atom is -0.376 e. The van der Waals surface area contributed by atoms with Crippen LogP contribution in [0.4, 0.5) is 11.4 Å². The smallest absolute Gasteiger partial charge is 0.251 e. The van der Waals surface area contributed by atoms with Crippen LogP contribution in [0, 0.1) is 23.7 Å². The zero-order valence-corrected chi connectivity index (χ0v) is 40.7. The van der Waals surface area contributed by atoms with E-state index in [2.05, 4.69) is 89.6 Å². The van der Waals surface area contributed by atoms with Crippen molar-refractivity contribution in [2.45, 2.75) is 100 Å². The minimum absolute atomic E-state index is 0.00866. The number of likely N-dealkylation sites (tertiary alicyclic amines) is 2. The van der Waals surface area contributed by atoms with Gasteiger partial charge in [-0.05, 0) is 110 Å². The number of aromatic nitrogens is 2. The normalized spacial score (nSPS) is 26.9. The summed E-state index contributed by atoms with van der Waals surface area (Å²) >= 11 is 0. The van der Waals surface area contributed by atoms with Crippen LogP contribution in [-0.4, -0.2) is 68.6 Å². The van der Waals surface area contributed by atoms with E-state index in [1.54, 1.807) is 0 Å². The molecular formula is C60H64N8O4. The van der Waals surface area contributed by atoms with E-state index in [0.29, 0.717) is 11.1 Å². The van der Waals surface area contributed by atoms with Crippen LogP contribution in [0.15, 0.2) is 158 Å². The molecule has 4 aliphatic heterocycles. The Balaban J connectivity index is 0.000000156. The Kier molecular flexibility index (Phi) is 13.8. The van der Waals surface area contributed by atoms with Crippen molar-refractivity contribution in [2.75, 3.05) is 23.7 Å². The molecule has 0 spiro atoms. The van der Waals surface area contributed by atoms with Crippen molar-refractivity contribution in [1.29, 1.82) is 0 Å². The number of benzene rings is 4. The van der Waals surface area contributed by atoms with Crippen LogP contribution in [0.2, 0.25) is 0 Å². The molecule has 2 saturated heterocycles. The number of hydrogen-bond donors (Lipinski definition) is 4. The fraction of sp³-hybridized carbons (Fsp3) is 0.367. The zero-order chi connectivity index (χ0) is 49.0. The third kappa shape index (κ3) is 9.46. The molecule has 6 heterocycles. The van der Waals surface area contributed by atoms with Crippen LogP contribution in [0.25, 0.3) is 0 Å². The second-order valence-corrected chi connectivity index (χ2v) is 20.5. The van der Waals surface area contributed by atoms with E-state index in [4.69, 9.17) is 0 Å². The fourth-order valence-electron chi connectivity index (χ4n) is 13.0. The van der Waals surface area contributed by atoms with Crippen molar-refractivity contribution in [3.8, 4) is 0 Å². The lowest BCUT2D eigenvalue weighted by molar-refractivity contribution is -0.139. The van der Waals surface area contributed by atoms with Gasteiger partial charge in [0.1, 0.15) is 0 Å². The summed E-state index contributed by atoms with van der Waals surface area (Å²) in [5, 5.41) is 13.9. The van der Waals surface area contributed by atoms with Crippen LogP contribution >= 0.6 is 0 Å². The van der Waals surface area contributed by atoms with Crippen LogP contribution in [-0.2, 0) is 9.59 Å². The predicted octanol–water partition coefficient (Wildman–Crippen LogP) is 10.3. The summed E-state index contributed by atoms with van der Waals surface area (Å²) in [6, 6.07) is 47.2. The van der Waals surface area contributed by atoms with E-state index in [9.17, 15) is 19.2 Å². The van der Waals surface area contributed by atoms with Gasteiger partial charge in [0.25, 0.3) is 11.8 Å². The van der Waals surface area contributed by atoms with Crippen LogP contribution in [0.5, 0.6) is 0 Å². The van der Waals surface area contributed by atoms with Gasteiger partial charge in [-0.2, -0.15) is 0 Å². The molecule has 10 atom stereocenters. The largest absolute Gasteiger partial charge is 0.376 e. The molecule has 12 nitrogen and oxygen atoms in total. The summed E-state index contributed by atoms with van der Waals surface area (Å²) in [5.41, 5.74) is 7.83. The first-order valence-corrected chi connectivity index (χ1v) is 26.3. The molecular weight excluding hydrogens is 897 g/mol. The van der Waals surface area contributed by atoms with Crippen molar-refractivity contribution in [1.82, 2.24) is 30.4 Å². The minimum atomic E-state index is -0.194. The summed E-state index contributed by atoms with van der Waals surface area (Å²) in [5.74, 6) is 0.276. The molecule has 12 rings (SSSR count). The number of rotatable bonds is 8. The van der Waals surface area contributed by atoms with Gasteiger partial charge in [-0.15, -0.1) is 0 Å². The van der Waals surface area contributed by atoms with Crippen LogP contribution < -0.4 is 21.3 Å². The molecule has 0 unspecified atom stereocenters. The maximum Gasteiger partial charge on any atom is 0.251 e. The molecule has 4 N–H and O–H groups in total. The van der Waals surface area contributed by atoms with E-state index in [0.717, 1.165) is 100 Å². The molecule has 4 fully saturated rings. The molecule has 0 bridgehead atoms. The average Bonchev–Trinajstić information content (AvgIpc) is 4.11. The third-order valence-electron chi connectivity index (χ3n) is 16.4. The van der Waals surface area contributed by atoms with Crippen molar-refractivity contribution >= 4 is 35.0 Å². The van der Waals surface area contributed by atoms with E-state index >= 15 is 0 Å². The predicted molar refractivity (Wildman–Crippen MR) is 279 cm³/mol. The average molecular weight is 961 g/mol. The number of carbonyl (C=O) groups excluding carboxylic acids is 4. The van der Waals surface area contributed by atoms with Gasteiger partial charge in [0.05, 0.1) is 47.4 Å². The highest BCUT2D eigenvalue weighted by Crippen LogP contribution is 2.53. The molecule has 72 heavy (non-hydrogen) atoms. The first kappa shape index (κ1) is 47.0. The quantitative estimate of drug-likeness (QED) is 0.118. The highest BCUT2D eigenvalue weighted by Gasteiger charge is 2.50. The molecule has 6 aliphatic rings. The van der Waals surface area contributed by atoms with E-state index in [1.807, 2.05) is 109 Å². The summed E-state index contributed by atoms with van der Waals surface area (Å²) in [6.45, 7) is 1.45. The first-order chi connectivity index (χ1) is 35.4. The molecule has 2 aliphatic carbocycles. The van der Waals surface area contributed by atoms with Crippen molar-refractivity contribution in [2.24, 2.45) is 23.7 Å². The number of fused-ring (bicyclic) bond motifs is 6. The maximum atomic E-state index is 14.2. The lowest BCUT2D eigenvalue weighted by Crippen LogP contribution is -2.50. The number of nitrogens with zero attached hydrogens (tertiary/aromatic N) is 4. The van der Waals surface area contributed by atoms with Crippen molar-refractivity contribution < 1.29 is 19.2 Å². The van der Waals surface area contributed by atoms with Crippen molar-refractivity contribution in [3.63, 3.8) is 0 Å². The SMILES string of the molecule is O=C(N[C@@H]1CCCC[C@@H]1C(=O)N1CC[C@@H]2[C@H](c3ccccn3)Nc3ccccc3[C@@H]21)c1ccccc1.O=C(N[C@@H]1CCCC[C@@H]1C(=O)N1CC[C@H]2[C@@H](c3ccccn3)Nc3ccccc3[C@H]21)c1ccccc1. The number of carbonyl (C=O) groups is 4. The number of nitrogens with one attached hydrogen (secondary N) is 4. The number of para-hydroxylation sites is 2. The number of anilines is 2. The third-order valence-corrected chi connectivity index (χ3v) is 16.4. The lowest BCUT2D eigenvalue weighted by atomic mass is 9.80. The molecule has 4 aromatic carbocycles. The van der Waals surface area contributed by atoms with Gasteiger partial charge < -0.3 is 31.1 Å². The molecule has 4 amide bonds. The zero-order valence-electron chi connectivity index (χ0n) is 40.7. The molecule has 2 saturated carbocycles. The van der Waals surface area contributed by atoms with E-state index in [-0.39, 0.29) is 83.6 Å². The number of pyridine rings is 2. The van der Waals surface area contributed by atoms with Gasteiger partial charge in [-0.3, -0.25) is 29.1 Å². The Morgan fingerprint density at radius 1 is 0.444 bits per heavy atom. The molecule has 368 valence electrons. The van der Waals surface area contributed by atoms with Gasteiger partial charge in [0.2, 0.25) is 11.8 Å². The van der Waals surface area contributed by atoms with E-state index in [1.165, 1.54) is 11.1 Å².